The molecule has 3 aromatic heterocycles. The van der Waals surface area contributed by atoms with Crippen LogP contribution < -0.4 is 0 Å². The fourth-order valence-corrected chi connectivity index (χ4v) is 5.42. The van der Waals surface area contributed by atoms with E-state index in [1.54, 1.807) is 0 Å². The summed E-state index contributed by atoms with van der Waals surface area (Å²) in [5.74, 6) is 2.35. The Morgan fingerprint density at radius 3 is 2.49 bits per heavy atom. The Balaban J connectivity index is 1.40. The summed E-state index contributed by atoms with van der Waals surface area (Å²) in [6.07, 6.45) is 6.68. The van der Waals surface area contributed by atoms with Crippen molar-refractivity contribution in [2.24, 2.45) is 0 Å². The SMILES string of the molecule is CCc1nc2c3ccc(-c4ccc5c(c4)CCc4[nH]c(C(C)C)nc4-5)cc3c3c[nH]ncc3c2n1. The van der Waals surface area contributed by atoms with E-state index >= 15 is 0 Å². The molecule has 0 saturated carbocycles. The van der Waals surface area contributed by atoms with Crippen molar-refractivity contribution < 1.29 is 0 Å². The van der Waals surface area contributed by atoms with Gasteiger partial charge in [-0.05, 0) is 41.0 Å². The van der Waals surface area contributed by atoms with Gasteiger partial charge in [0.05, 0.1) is 17.4 Å². The molecule has 0 unspecified atom stereocenters. The van der Waals surface area contributed by atoms with Crippen LogP contribution in [-0.4, -0.2) is 30.1 Å². The summed E-state index contributed by atoms with van der Waals surface area (Å²) in [7, 11) is 0. The number of imidazole rings is 2. The van der Waals surface area contributed by atoms with Crippen molar-refractivity contribution in [1.82, 2.24) is 30.1 Å². The molecule has 0 aliphatic heterocycles. The molecule has 7 rings (SSSR count). The summed E-state index contributed by atoms with van der Waals surface area (Å²) in [4.78, 5) is 18.1. The number of aryl methyl sites for hydroxylation is 3. The van der Waals surface area contributed by atoms with E-state index in [0.717, 1.165) is 63.8 Å². The molecule has 2 N–H and O–H groups in total. The van der Waals surface area contributed by atoms with Gasteiger partial charge in [-0.3, -0.25) is 5.10 Å². The van der Waals surface area contributed by atoms with E-state index < -0.39 is 0 Å². The van der Waals surface area contributed by atoms with E-state index in [0.29, 0.717) is 5.92 Å². The predicted molar refractivity (Wildman–Crippen MR) is 141 cm³/mol. The predicted octanol–water partition coefficient (Wildman–Crippen LogP) is 6.50. The van der Waals surface area contributed by atoms with E-state index in [1.807, 2.05) is 12.4 Å². The third-order valence-electron chi connectivity index (χ3n) is 7.29. The van der Waals surface area contributed by atoms with Gasteiger partial charge in [0.25, 0.3) is 0 Å². The van der Waals surface area contributed by atoms with Crippen LogP contribution in [0.15, 0.2) is 48.8 Å². The Kier molecular flexibility index (Phi) is 4.34. The number of nitrogens with one attached hydrogen (secondary N) is 2. The van der Waals surface area contributed by atoms with E-state index in [4.69, 9.17) is 15.0 Å². The van der Waals surface area contributed by atoms with E-state index in [-0.39, 0.29) is 0 Å². The number of rotatable bonds is 3. The number of hydrogen-bond donors (Lipinski definition) is 2. The highest BCUT2D eigenvalue weighted by atomic mass is 15.1. The van der Waals surface area contributed by atoms with Crippen LogP contribution >= 0.6 is 0 Å². The molecule has 0 bridgehead atoms. The lowest BCUT2D eigenvalue weighted by Gasteiger charge is -2.17. The smallest absolute Gasteiger partial charge is 0.129 e. The van der Waals surface area contributed by atoms with Crippen LogP contribution in [0.1, 0.15) is 49.6 Å². The number of H-pyrrole nitrogens is 2. The van der Waals surface area contributed by atoms with Gasteiger partial charge in [0, 0.05) is 46.0 Å². The first kappa shape index (κ1) is 20.3. The van der Waals surface area contributed by atoms with Crippen molar-refractivity contribution >= 4 is 32.6 Å². The van der Waals surface area contributed by atoms with Gasteiger partial charge in [-0.15, -0.1) is 0 Å². The van der Waals surface area contributed by atoms with Gasteiger partial charge in [-0.2, -0.15) is 5.10 Å². The second-order valence-electron chi connectivity index (χ2n) is 9.79. The third kappa shape index (κ3) is 3.02. The topological polar surface area (TPSA) is 83.1 Å². The molecule has 35 heavy (non-hydrogen) atoms. The molecule has 0 atom stereocenters. The normalized spacial score (nSPS) is 13.1. The Morgan fingerprint density at radius 1 is 0.857 bits per heavy atom. The summed E-state index contributed by atoms with van der Waals surface area (Å²) in [6, 6.07) is 13.5. The summed E-state index contributed by atoms with van der Waals surface area (Å²) < 4.78 is 0. The van der Waals surface area contributed by atoms with Crippen molar-refractivity contribution in [2.75, 3.05) is 0 Å². The molecular weight excluding hydrogens is 432 g/mol. The van der Waals surface area contributed by atoms with E-state index in [9.17, 15) is 0 Å². The second-order valence-corrected chi connectivity index (χ2v) is 9.79. The highest BCUT2D eigenvalue weighted by molar-refractivity contribution is 6.23. The van der Waals surface area contributed by atoms with Gasteiger partial charge in [-0.1, -0.05) is 51.1 Å². The van der Waals surface area contributed by atoms with E-state index in [2.05, 4.69) is 72.4 Å². The van der Waals surface area contributed by atoms with Crippen LogP contribution in [0.4, 0.5) is 0 Å². The number of fused-ring (bicyclic) bond motifs is 9. The Bertz CT molecular complexity index is 1770. The average Bonchev–Trinajstić information content (AvgIpc) is 3.53. The molecule has 0 spiro atoms. The van der Waals surface area contributed by atoms with Crippen LogP contribution in [0.2, 0.25) is 0 Å². The minimum atomic E-state index is 0.398. The zero-order valence-electron chi connectivity index (χ0n) is 20.1. The van der Waals surface area contributed by atoms with Crippen molar-refractivity contribution in [2.45, 2.75) is 46.0 Å². The number of benzene rings is 3. The first-order valence-electron chi connectivity index (χ1n) is 12.4. The minimum Gasteiger partial charge on any atom is -0.345 e. The van der Waals surface area contributed by atoms with Crippen LogP contribution in [0.3, 0.4) is 0 Å². The number of hydrogen-bond acceptors (Lipinski definition) is 4. The largest absolute Gasteiger partial charge is 0.345 e. The summed E-state index contributed by atoms with van der Waals surface area (Å²) in [5, 5.41) is 11.7. The van der Waals surface area contributed by atoms with Crippen LogP contribution in [0, 0.1) is 0 Å². The molecule has 3 aromatic carbocycles. The second kappa shape index (κ2) is 7.47. The summed E-state index contributed by atoms with van der Waals surface area (Å²) >= 11 is 0. The number of nitrogens with zero attached hydrogens (tertiary/aromatic N) is 4. The fraction of sp³-hybridized carbons (Fsp3) is 0.241. The Hall–Kier alpha value is -4.06. The molecule has 0 saturated heterocycles. The molecule has 0 radical (unpaired) electrons. The number of aromatic nitrogens is 6. The third-order valence-corrected chi connectivity index (χ3v) is 7.29. The first-order valence-corrected chi connectivity index (χ1v) is 12.4. The molecule has 0 amide bonds. The lowest BCUT2D eigenvalue weighted by molar-refractivity contribution is 0.787. The molecule has 3 heterocycles. The van der Waals surface area contributed by atoms with Crippen molar-refractivity contribution in [3.63, 3.8) is 0 Å². The Morgan fingerprint density at radius 2 is 1.66 bits per heavy atom. The maximum Gasteiger partial charge on any atom is 0.129 e. The first-order chi connectivity index (χ1) is 17.1. The number of aromatic amines is 2. The fourth-order valence-electron chi connectivity index (χ4n) is 5.42. The van der Waals surface area contributed by atoms with Gasteiger partial charge >= 0.3 is 0 Å². The molecule has 1 aliphatic carbocycles. The van der Waals surface area contributed by atoms with Crippen molar-refractivity contribution in [3.8, 4) is 22.4 Å². The van der Waals surface area contributed by atoms with E-state index in [1.165, 1.54) is 33.3 Å². The van der Waals surface area contributed by atoms with Gasteiger partial charge < -0.3 is 4.98 Å². The summed E-state index contributed by atoms with van der Waals surface area (Å²) in [5.41, 5.74) is 9.33. The lowest BCUT2D eigenvalue weighted by atomic mass is 9.89. The highest BCUT2D eigenvalue weighted by Crippen LogP contribution is 2.38. The standard InChI is InChI=1S/C29H26N6/c1-4-25-33-27-20-9-6-17(12-21(20)22-13-30-31-14-23(22)28(27)34-25)16-5-8-19-18(11-16)7-10-24-26(19)35-29(32-24)15(2)3/h5-6,8-9,11-15,30H,4,7,10H2,1-3H3,(H,32,35). The molecule has 0 fully saturated rings. The quantitative estimate of drug-likeness (QED) is 0.297. The highest BCUT2D eigenvalue weighted by Gasteiger charge is 2.22. The molecule has 1 aliphatic rings. The molecule has 6 nitrogen and oxygen atoms in total. The van der Waals surface area contributed by atoms with Gasteiger partial charge in [0.1, 0.15) is 17.2 Å². The Labute approximate surface area is 202 Å². The van der Waals surface area contributed by atoms with Gasteiger partial charge in [0.15, 0.2) is 0 Å². The van der Waals surface area contributed by atoms with Gasteiger partial charge in [0.2, 0.25) is 0 Å². The minimum absolute atomic E-state index is 0.398. The summed E-state index contributed by atoms with van der Waals surface area (Å²) in [6.45, 7) is 6.46. The van der Waals surface area contributed by atoms with Crippen LogP contribution in [-0.2, 0) is 19.3 Å². The van der Waals surface area contributed by atoms with Crippen molar-refractivity contribution in [1.29, 1.82) is 0 Å². The molecular formula is C29H26N6. The maximum absolute atomic E-state index is 4.93. The van der Waals surface area contributed by atoms with Crippen LogP contribution in [0.25, 0.3) is 55.0 Å². The van der Waals surface area contributed by atoms with Gasteiger partial charge in [-0.25, -0.2) is 15.0 Å². The molecule has 6 aromatic rings. The zero-order chi connectivity index (χ0) is 23.7. The van der Waals surface area contributed by atoms with Crippen molar-refractivity contribution in [3.05, 3.63) is 71.7 Å². The lowest BCUT2D eigenvalue weighted by Crippen LogP contribution is -2.03. The molecule has 172 valence electrons. The zero-order valence-corrected chi connectivity index (χ0v) is 20.1. The monoisotopic (exact) mass is 458 g/mol. The maximum atomic E-state index is 4.93. The molecule has 6 heteroatoms. The van der Waals surface area contributed by atoms with Crippen LogP contribution in [0.5, 0.6) is 0 Å². The average molecular weight is 459 g/mol.